The zero-order valence-corrected chi connectivity index (χ0v) is 14.3. The summed E-state index contributed by atoms with van der Waals surface area (Å²) in [7, 11) is 3.85. The maximum atomic E-state index is 5.08. The molecule has 0 saturated carbocycles. The van der Waals surface area contributed by atoms with Crippen LogP contribution < -0.4 is 10.6 Å². The number of rotatable bonds is 3. The first kappa shape index (κ1) is 15.0. The fourth-order valence-corrected chi connectivity index (χ4v) is 3.68. The van der Waals surface area contributed by atoms with Crippen LogP contribution in [0.3, 0.4) is 0 Å². The molecule has 1 aliphatic heterocycles. The van der Waals surface area contributed by atoms with Crippen molar-refractivity contribution < 1.29 is 0 Å². The highest BCUT2D eigenvalue weighted by molar-refractivity contribution is 7.10. The number of anilines is 1. The molecule has 0 spiro atoms. The standard InChI is InChI=1S/C17H18N6S/c1-18-17-15(13-6-4-10-24-13)20-14(12-7-9-23(2)22-12)11-5-3-8-19-16(11)21-17/h3-10,15,17-18H,1-2H3,(H,19,21). The molecule has 7 heteroatoms. The molecule has 0 aliphatic carbocycles. The summed E-state index contributed by atoms with van der Waals surface area (Å²) in [5.74, 6) is 0.820. The average molecular weight is 338 g/mol. The van der Waals surface area contributed by atoms with Gasteiger partial charge in [0.05, 0.1) is 5.71 Å². The number of nitrogens with zero attached hydrogens (tertiary/aromatic N) is 4. The lowest BCUT2D eigenvalue weighted by Gasteiger charge is -2.22. The van der Waals surface area contributed by atoms with Crippen LogP contribution in [0.15, 0.2) is 53.1 Å². The number of aromatic nitrogens is 3. The third-order valence-electron chi connectivity index (χ3n) is 4.04. The number of aliphatic imine (C=N–C) groups is 1. The molecule has 2 N–H and O–H groups in total. The Balaban J connectivity index is 1.91. The van der Waals surface area contributed by atoms with Crippen LogP contribution in [0.25, 0.3) is 0 Å². The molecule has 0 aromatic carbocycles. The van der Waals surface area contributed by atoms with Gasteiger partial charge in [-0.25, -0.2) is 4.98 Å². The second kappa shape index (κ2) is 6.18. The summed E-state index contributed by atoms with van der Waals surface area (Å²) in [5.41, 5.74) is 2.68. The van der Waals surface area contributed by atoms with Crippen LogP contribution in [0.1, 0.15) is 22.2 Å². The van der Waals surface area contributed by atoms with Gasteiger partial charge in [-0.05, 0) is 36.7 Å². The molecular formula is C17H18N6S. The first-order valence-corrected chi connectivity index (χ1v) is 8.64. The van der Waals surface area contributed by atoms with Gasteiger partial charge in [0.1, 0.15) is 23.7 Å². The van der Waals surface area contributed by atoms with E-state index in [0.29, 0.717) is 0 Å². The molecule has 0 amide bonds. The molecule has 2 unspecified atom stereocenters. The average Bonchev–Trinajstić information content (AvgIpc) is 3.24. The SMILES string of the molecule is CNC1Nc2ncccc2C(c2ccn(C)n2)=NC1c1cccs1. The second-order valence-corrected chi connectivity index (χ2v) is 6.60. The summed E-state index contributed by atoms with van der Waals surface area (Å²) in [6.07, 6.45) is 3.68. The molecule has 0 bridgehead atoms. The first-order valence-electron chi connectivity index (χ1n) is 7.76. The Morgan fingerprint density at radius 3 is 2.88 bits per heavy atom. The minimum atomic E-state index is -0.0544. The van der Waals surface area contributed by atoms with E-state index in [1.807, 2.05) is 38.5 Å². The van der Waals surface area contributed by atoms with Crippen LogP contribution in [0.5, 0.6) is 0 Å². The van der Waals surface area contributed by atoms with E-state index in [0.717, 1.165) is 22.8 Å². The topological polar surface area (TPSA) is 67.1 Å². The van der Waals surface area contributed by atoms with Crippen molar-refractivity contribution in [1.82, 2.24) is 20.1 Å². The van der Waals surface area contributed by atoms with Gasteiger partial charge in [-0.15, -0.1) is 11.3 Å². The molecule has 24 heavy (non-hydrogen) atoms. The minimum Gasteiger partial charge on any atom is -0.352 e. The van der Waals surface area contributed by atoms with Gasteiger partial charge in [0.2, 0.25) is 0 Å². The molecule has 1 aliphatic rings. The third kappa shape index (κ3) is 2.61. The van der Waals surface area contributed by atoms with Crippen molar-refractivity contribution in [3.8, 4) is 0 Å². The lowest BCUT2D eigenvalue weighted by molar-refractivity contribution is 0.528. The predicted octanol–water partition coefficient (Wildman–Crippen LogP) is 2.43. The molecule has 2 atom stereocenters. The molecular weight excluding hydrogens is 320 g/mol. The summed E-state index contributed by atoms with van der Waals surface area (Å²) < 4.78 is 1.79. The molecule has 4 heterocycles. The minimum absolute atomic E-state index is 0.0430. The number of likely N-dealkylation sites (N-methyl/N-ethyl adjacent to an activating group) is 1. The Kier molecular flexibility index (Phi) is 3.87. The van der Waals surface area contributed by atoms with Gasteiger partial charge >= 0.3 is 0 Å². The van der Waals surface area contributed by atoms with Crippen molar-refractivity contribution in [3.05, 3.63) is 64.2 Å². The summed E-state index contributed by atoms with van der Waals surface area (Å²) >= 11 is 1.71. The van der Waals surface area contributed by atoms with Crippen LogP contribution in [-0.2, 0) is 7.05 Å². The zero-order chi connectivity index (χ0) is 16.5. The third-order valence-corrected chi connectivity index (χ3v) is 4.98. The fraction of sp³-hybridized carbons (Fsp3) is 0.235. The van der Waals surface area contributed by atoms with E-state index < -0.39 is 0 Å². The van der Waals surface area contributed by atoms with Crippen LogP contribution in [0.4, 0.5) is 5.82 Å². The number of hydrogen-bond acceptors (Lipinski definition) is 6. The zero-order valence-electron chi connectivity index (χ0n) is 13.5. The Hall–Kier alpha value is -2.51. The van der Waals surface area contributed by atoms with Crippen molar-refractivity contribution in [2.75, 3.05) is 12.4 Å². The summed E-state index contributed by atoms with van der Waals surface area (Å²) in [6.45, 7) is 0. The smallest absolute Gasteiger partial charge is 0.136 e. The normalized spacial score (nSPS) is 20.0. The van der Waals surface area contributed by atoms with E-state index in [2.05, 4.69) is 38.2 Å². The maximum Gasteiger partial charge on any atom is 0.136 e. The highest BCUT2D eigenvalue weighted by atomic mass is 32.1. The summed E-state index contributed by atoms with van der Waals surface area (Å²) in [4.78, 5) is 10.8. The van der Waals surface area contributed by atoms with Crippen molar-refractivity contribution in [2.24, 2.45) is 12.0 Å². The Labute approximate surface area is 144 Å². The van der Waals surface area contributed by atoms with E-state index >= 15 is 0 Å². The van der Waals surface area contributed by atoms with E-state index in [1.54, 1.807) is 22.2 Å². The number of aryl methyl sites for hydroxylation is 1. The molecule has 3 aromatic heterocycles. The van der Waals surface area contributed by atoms with Crippen molar-refractivity contribution in [3.63, 3.8) is 0 Å². The van der Waals surface area contributed by atoms with Gasteiger partial charge in [0.25, 0.3) is 0 Å². The van der Waals surface area contributed by atoms with Gasteiger partial charge in [-0.1, -0.05) is 6.07 Å². The largest absolute Gasteiger partial charge is 0.352 e. The van der Waals surface area contributed by atoms with Crippen molar-refractivity contribution in [1.29, 1.82) is 0 Å². The van der Waals surface area contributed by atoms with E-state index in [1.165, 1.54) is 4.88 Å². The number of hydrogen-bond donors (Lipinski definition) is 2. The number of thiophene rings is 1. The molecule has 3 aromatic rings. The monoisotopic (exact) mass is 338 g/mol. The first-order chi connectivity index (χ1) is 11.8. The van der Waals surface area contributed by atoms with Crippen molar-refractivity contribution >= 4 is 22.9 Å². The van der Waals surface area contributed by atoms with Gasteiger partial charge < -0.3 is 5.32 Å². The lowest BCUT2D eigenvalue weighted by Crippen LogP contribution is -2.38. The lowest BCUT2D eigenvalue weighted by atomic mass is 10.1. The van der Waals surface area contributed by atoms with E-state index in [-0.39, 0.29) is 12.2 Å². The van der Waals surface area contributed by atoms with E-state index in [4.69, 9.17) is 4.99 Å². The molecule has 4 rings (SSSR count). The number of fused-ring (bicyclic) bond motifs is 1. The van der Waals surface area contributed by atoms with Crippen LogP contribution in [0, 0.1) is 0 Å². The molecule has 122 valence electrons. The molecule has 0 radical (unpaired) electrons. The summed E-state index contributed by atoms with van der Waals surface area (Å²) in [5, 5.41) is 13.4. The Morgan fingerprint density at radius 1 is 1.25 bits per heavy atom. The Bertz CT molecular complexity index is 867. The Morgan fingerprint density at radius 2 is 2.17 bits per heavy atom. The fourth-order valence-electron chi connectivity index (χ4n) is 2.88. The predicted molar refractivity (Wildman–Crippen MR) is 96.6 cm³/mol. The van der Waals surface area contributed by atoms with Gasteiger partial charge in [0, 0.05) is 29.9 Å². The van der Waals surface area contributed by atoms with Crippen LogP contribution in [-0.4, -0.2) is 33.7 Å². The quantitative estimate of drug-likeness (QED) is 0.770. The maximum absolute atomic E-state index is 5.08. The summed E-state index contributed by atoms with van der Waals surface area (Å²) in [6, 6.07) is 10.1. The van der Waals surface area contributed by atoms with E-state index in [9.17, 15) is 0 Å². The molecule has 6 nitrogen and oxygen atoms in total. The van der Waals surface area contributed by atoms with Crippen molar-refractivity contribution in [2.45, 2.75) is 12.2 Å². The van der Waals surface area contributed by atoms with Gasteiger partial charge in [-0.2, -0.15) is 5.10 Å². The van der Waals surface area contributed by atoms with Gasteiger partial charge in [0.15, 0.2) is 0 Å². The van der Waals surface area contributed by atoms with Gasteiger partial charge in [-0.3, -0.25) is 15.0 Å². The number of pyridine rings is 1. The highest BCUT2D eigenvalue weighted by Gasteiger charge is 2.29. The number of nitrogens with one attached hydrogen (secondary N) is 2. The highest BCUT2D eigenvalue weighted by Crippen LogP contribution is 2.32. The molecule has 0 saturated heterocycles. The molecule has 0 fully saturated rings. The van der Waals surface area contributed by atoms with Crippen LogP contribution in [0.2, 0.25) is 0 Å². The van der Waals surface area contributed by atoms with Crippen LogP contribution >= 0.6 is 11.3 Å². The second-order valence-electron chi connectivity index (χ2n) is 5.62.